The van der Waals surface area contributed by atoms with Crippen LogP contribution < -0.4 is 10.1 Å². The summed E-state index contributed by atoms with van der Waals surface area (Å²) in [5.74, 6) is 0.245. The second kappa shape index (κ2) is 13.0. The lowest BCUT2D eigenvalue weighted by Gasteiger charge is -2.43. The Morgan fingerprint density at radius 3 is 2.21 bits per heavy atom. The smallest absolute Gasteiger partial charge is 0.338 e. The molecule has 2 aromatic carbocycles. The lowest BCUT2D eigenvalue weighted by Crippen LogP contribution is -2.56. The maximum absolute atomic E-state index is 13.5. The zero-order valence-electron chi connectivity index (χ0n) is 25.9. The van der Waals surface area contributed by atoms with Crippen LogP contribution in [0.15, 0.2) is 59.8 Å². The SMILES string of the molecule is CCOC(=O)C1=C(CN2CCN(C(=O)c3ccc(OC)cc3)[C@@H](C)C2)N(CC)C(=O)N[C@H]1c1ccc(C(C)(C)C)cc1. The molecule has 1 N–H and O–H groups in total. The van der Waals surface area contributed by atoms with Crippen LogP contribution in [0.25, 0.3) is 0 Å². The molecule has 0 unspecified atom stereocenters. The summed E-state index contributed by atoms with van der Waals surface area (Å²) in [6, 6.07) is 14.3. The molecule has 9 heteroatoms. The fourth-order valence-electron chi connectivity index (χ4n) is 5.67. The first kappa shape index (κ1) is 31.1. The van der Waals surface area contributed by atoms with Gasteiger partial charge >= 0.3 is 12.0 Å². The van der Waals surface area contributed by atoms with Crippen molar-refractivity contribution >= 4 is 17.9 Å². The Morgan fingerprint density at radius 2 is 1.67 bits per heavy atom. The first-order chi connectivity index (χ1) is 20.0. The van der Waals surface area contributed by atoms with Crippen molar-refractivity contribution in [3.8, 4) is 5.75 Å². The van der Waals surface area contributed by atoms with Crippen LogP contribution in [0.4, 0.5) is 4.79 Å². The van der Waals surface area contributed by atoms with Gasteiger partial charge in [0.1, 0.15) is 5.75 Å². The van der Waals surface area contributed by atoms with Crippen LogP contribution in [0.3, 0.4) is 0 Å². The fraction of sp³-hybridized carbons (Fsp3) is 0.485. The van der Waals surface area contributed by atoms with Gasteiger partial charge in [-0.1, -0.05) is 45.0 Å². The number of nitrogens with zero attached hydrogens (tertiary/aromatic N) is 3. The van der Waals surface area contributed by atoms with E-state index >= 15 is 0 Å². The van der Waals surface area contributed by atoms with Gasteiger partial charge in [0.05, 0.1) is 25.3 Å². The van der Waals surface area contributed by atoms with Crippen molar-refractivity contribution in [2.45, 2.75) is 59.0 Å². The molecule has 2 aliphatic rings. The molecule has 0 aromatic heterocycles. The molecule has 0 aliphatic carbocycles. The van der Waals surface area contributed by atoms with Crippen LogP contribution in [0.5, 0.6) is 5.75 Å². The number of hydrogen-bond donors (Lipinski definition) is 1. The molecule has 1 fully saturated rings. The molecule has 226 valence electrons. The molecule has 0 radical (unpaired) electrons. The van der Waals surface area contributed by atoms with Crippen LogP contribution in [-0.4, -0.2) is 85.1 Å². The summed E-state index contributed by atoms with van der Waals surface area (Å²) in [5, 5.41) is 3.05. The molecule has 2 heterocycles. The third kappa shape index (κ3) is 6.62. The number of methoxy groups -OCH3 is 1. The summed E-state index contributed by atoms with van der Waals surface area (Å²) in [5.41, 5.74) is 3.69. The average Bonchev–Trinajstić information content (AvgIpc) is 2.96. The standard InChI is InChI=1S/C33H44N4O5/c1-8-36-27(21-35-18-19-37(22(3)20-35)30(38)24-12-16-26(41-7)17-13-24)28(31(39)42-9-2)29(34-32(36)40)23-10-14-25(15-11-23)33(4,5)6/h10-17,22,29H,8-9,18-21H2,1-7H3,(H,34,40)/t22-,29-/m0/s1. The van der Waals surface area contributed by atoms with Gasteiger partial charge in [-0.2, -0.15) is 0 Å². The topological polar surface area (TPSA) is 91.4 Å². The first-order valence-electron chi connectivity index (χ1n) is 14.7. The Morgan fingerprint density at radius 1 is 1.00 bits per heavy atom. The second-order valence-corrected chi connectivity index (χ2v) is 11.9. The third-order valence-corrected chi connectivity index (χ3v) is 8.04. The number of carbonyl (C=O) groups excluding carboxylic acids is 3. The molecule has 0 saturated carbocycles. The Hall–Kier alpha value is -3.85. The zero-order chi connectivity index (χ0) is 30.6. The van der Waals surface area contributed by atoms with Crippen LogP contribution >= 0.6 is 0 Å². The molecule has 2 atom stereocenters. The van der Waals surface area contributed by atoms with E-state index in [9.17, 15) is 14.4 Å². The third-order valence-electron chi connectivity index (χ3n) is 8.04. The lowest BCUT2D eigenvalue weighted by atomic mass is 9.85. The molecule has 0 bridgehead atoms. The Labute approximate surface area is 249 Å². The summed E-state index contributed by atoms with van der Waals surface area (Å²) in [7, 11) is 1.60. The van der Waals surface area contributed by atoms with Crippen LogP contribution in [0, 0.1) is 0 Å². The van der Waals surface area contributed by atoms with Crippen molar-refractivity contribution in [2.24, 2.45) is 0 Å². The Balaban J connectivity index is 1.62. The molecular weight excluding hydrogens is 532 g/mol. The predicted molar refractivity (Wildman–Crippen MR) is 162 cm³/mol. The monoisotopic (exact) mass is 576 g/mol. The summed E-state index contributed by atoms with van der Waals surface area (Å²) in [4.78, 5) is 45.9. The fourth-order valence-corrected chi connectivity index (χ4v) is 5.67. The number of ether oxygens (including phenoxy) is 2. The number of benzene rings is 2. The van der Waals surface area contributed by atoms with E-state index in [0.29, 0.717) is 55.3 Å². The highest BCUT2D eigenvalue weighted by atomic mass is 16.5. The number of esters is 1. The average molecular weight is 577 g/mol. The maximum Gasteiger partial charge on any atom is 0.338 e. The number of carbonyl (C=O) groups is 3. The quantitative estimate of drug-likeness (QED) is 0.457. The molecule has 42 heavy (non-hydrogen) atoms. The van der Waals surface area contributed by atoms with E-state index in [1.54, 1.807) is 43.2 Å². The van der Waals surface area contributed by atoms with Gasteiger partial charge in [0.2, 0.25) is 0 Å². The minimum absolute atomic E-state index is 0.0219. The van der Waals surface area contributed by atoms with E-state index < -0.39 is 12.0 Å². The van der Waals surface area contributed by atoms with Crippen molar-refractivity contribution in [1.29, 1.82) is 0 Å². The van der Waals surface area contributed by atoms with Gasteiger partial charge in [-0.05, 0) is 61.6 Å². The molecule has 9 nitrogen and oxygen atoms in total. The number of hydrogen-bond acceptors (Lipinski definition) is 6. The van der Waals surface area contributed by atoms with Crippen LogP contribution in [0.2, 0.25) is 0 Å². The van der Waals surface area contributed by atoms with E-state index in [2.05, 4.69) is 43.1 Å². The van der Waals surface area contributed by atoms with E-state index in [4.69, 9.17) is 9.47 Å². The van der Waals surface area contributed by atoms with E-state index in [1.807, 2.05) is 30.9 Å². The molecule has 0 spiro atoms. The van der Waals surface area contributed by atoms with E-state index in [0.717, 1.165) is 5.56 Å². The van der Waals surface area contributed by atoms with Gasteiger partial charge in [-0.15, -0.1) is 0 Å². The summed E-state index contributed by atoms with van der Waals surface area (Å²) >= 11 is 0. The number of likely N-dealkylation sites (N-methyl/N-ethyl adjacent to an activating group) is 1. The highest BCUT2D eigenvalue weighted by molar-refractivity contribution is 5.95. The maximum atomic E-state index is 13.5. The van der Waals surface area contributed by atoms with E-state index in [-0.39, 0.29) is 30.0 Å². The number of amides is 3. The molecular formula is C33H44N4O5. The molecule has 2 aliphatic heterocycles. The van der Waals surface area contributed by atoms with Gasteiger partial charge in [-0.25, -0.2) is 9.59 Å². The Bertz CT molecular complexity index is 1310. The van der Waals surface area contributed by atoms with Gasteiger partial charge in [-0.3, -0.25) is 14.6 Å². The number of urea groups is 1. The normalized spacial score (nSPS) is 19.9. The molecule has 2 aromatic rings. The summed E-state index contributed by atoms with van der Waals surface area (Å²) in [6.45, 7) is 14.9. The Kier molecular flexibility index (Phi) is 9.61. The summed E-state index contributed by atoms with van der Waals surface area (Å²) < 4.78 is 10.8. The molecule has 4 rings (SSSR count). The van der Waals surface area contributed by atoms with Crippen molar-refractivity contribution < 1.29 is 23.9 Å². The number of rotatable bonds is 8. The van der Waals surface area contributed by atoms with Gasteiger partial charge in [0, 0.05) is 50.0 Å². The molecule has 1 saturated heterocycles. The lowest BCUT2D eigenvalue weighted by molar-refractivity contribution is -0.139. The summed E-state index contributed by atoms with van der Waals surface area (Å²) in [6.07, 6.45) is 0. The highest BCUT2D eigenvalue weighted by Gasteiger charge is 2.39. The first-order valence-corrected chi connectivity index (χ1v) is 14.7. The van der Waals surface area contributed by atoms with Crippen molar-refractivity contribution in [1.82, 2.24) is 20.0 Å². The van der Waals surface area contributed by atoms with Gasteiger partial charge in [0.25, 0.3) is 5.91 Å². The zero-order valence-corrected chi connectivity index (χ0v) is 25.9. The van der Waals surface area contributed by atoms with Crippen molar-refractivity contribution in [2.75, 3.05) is 46.4 Å². The van der Waals surface area contributed by atoms with Crippen LogP contribution in [-0.2, 0) is 14.9 Å². The van der Waals surface area contributed by atoms with Crippen molar-refractivity contribution in [3.63, 3.8) is 0 Å². The number of nitrogens with one attached hydrogen (secondary N) is 1. The van der Waals surface area contributed by atoms with Gasteiger partial charge in [0.15, 0.2) is 0 Å². The van der Waals surface area contributed by atoms with Crippen molar-refractivity contribution in [3.05, 3.63) is 76.5 Å². The largest absolute Gasteiger partial charge is 0.497 e. The minimum Gasteiger partial charge on any atom is -0.497 e. The second-order valence-electron chi connectivity index (χ2n) is 11.9. The van der Waals surface area contributed by atoms with Crippen LogP contribution in [0.1, 0.15) is 69.1 Å². The highest BCUT2D eigenvalue weighted by Crippen LogP contribution is 2.34. The molecule has 3 amide bonds. The number of piperazine rings is 1. The van der Waals surface area contributed by atoms with E-state index in [1.165, 1.54) is 5.56 Å². The minimum atomic E-state index is -0.626. The predicted octanol–water partition coefficient (Wildman–Crippen LogP) is 4.74. The van der Waals surface area contributed by atoms with Gasteiger partial charge < -0.3 is 19.7 Å².